The van der Waals surface area contributed by atoms with E-state index >= 15 is 0 Å². The van der Waals surface area contributed by atoms with Crippen molar-refractivity contribution in [3.8, 4) is 5.75 Å². The normalized spacial score (nSPS) is 16.2. The van der Waals surface area contributed by atoms with E-state index in [-0.39, 0.29) is 11.9 Å². The minimum absolute atomic E-state index is 0.124. The molecule has 4 heteroatoms. The van der Waals surface area contributed by atoms with Gasteiger partial charge in [-0.2, -0.15) is 0 Å². The summed E-state index contributed by atoms with van der Waals surface area (Å²) in [6.07, 6.45) is 4.70. The maximum atomic E-state index is 14.3. The predicted molar refractivity (Wildman–Crippen MR) is 77.3 cm³/mol. The molecular weight excluding hydrogens is 257 g/mol. The quantitative estimate of drug-likeness (QED) is 0.863. The van der Waals surface area contributed by atoms with Gasteiger partial charge in [-0.1, -0.05) is 13.0 Å². The van der Waals surface area contributed by atoms with Crippen LogP contribution in [0.15, 0.2) is 30.0 Å². The molecule has 1 atom stereocenters. The zero-order valence-electron chi connectivity index (χ0n) is 12.1. The fourth-order valence-corrected chi connectivity index (χ4v) is 2.40. The second-order valence-electron chi connectivity index (χ2n) is 4.94. The van der Waals surface area contributed by atoms with Crippen molar-refractivity contribution in [2.24, 2.45) is 0 Å². The molecule has 0 aromatic heterocycles. The Labute approximate surface area is 119 Å². The zero-order chi connectivity index (χ0) is 14.4. The van der Waals surface area contributed by atoms with Crippen molar-refractivity contribution >= 4 is 0 Å². The summed E-state index contributed by atoms with van der Waals surface area (Å²) in [6, 6.07) is 4.89. The fraction of sp³-hybridized carbons (Fsp3) is 0.500. The van der Waals surface area contributed by atoms with Crippen LogP contribution in [0.5, 0.6) is 5.75 Å². The van der Waals surface area contributed by atoms with Gasteiger partial charge in [-0.15, -0.1) is 0 Å². The minimum atomic E-state index is -0.246. The van der Waals surface area contributed by atoms with Crippen molar-refractivity contribution in [1.29, 1.82) is 0 Å². The molecule has 0 fully saturated rings. The Balaban J connectivity index is 2.27. The number of halogens is 1. The van der Waals surface area contributed by atoms with E-state index in [4.69, 9.17) is 9.47 Å². The van der Waals surface area contributed by atoms with Gasteiger partial charge in [0.2, 0.25) is 0 Å². The fourth-order valence-electron chi connectivity index (χ4n) is 2.40. The van der Waals surface area contributed by atoms with Crippen molar-refractivity contribution in [2.45, 2.75) is 32.2 Å². The third-order valence-electron chi connectivity index (χ3n) is 3.45. The number of ether oxygens (including phenoxy) is 2. The second kappa shape index (κ2) is 7.29. The monoisotopic (exact) mass is 279 g/mol. The maximum Gasteiger partial charge on any atom is 0.132 e. The van der Waals surface area contributed by atoms with Crippen molar-refractivity contribution in [1.82, 2.24) is 5.32 Å². The maximum absolute atomic E-state index is 14.3. The highest BCUT2D eigenvalue weighted by molar-refractivity contribution is 5.35. The van der Waals surface area contributed by atoms with E-state index in [1.807, 2.05) is 0 Å². The predicted octanol–water partition coefficient (Wildman–Crippen LogP) is 3.57. The van der Waals surface area contributed by atoms with Crippen LogP contribution >= 0.6 is 0 Å². The minimum Gasteiger partial charge on any atom is -0.501 e. The lowest BCUT2D eigenvalue weighted by Gasteiger charge is -2.25. The Morgan fingerprint density at radius 2 is 2.30 bits per heavy atom. The molecule has 0 amide bonds. The van der Waals surface area contributed by atoms with Crippen molar-refractivity contribution < 1.29 is 13.9 Å². The summed E-state index contributed by atoms with van der Waals surface area (Å²) in [5, 5.41) is 3.40. The summed E-state index contributed by atoms with van der Waals surface area (Å²) in [6.45, 7) is 3.68. The van der Waals surface area contributed by atoms with Crippen LogP contribution in [-0.4, -0.2) is 20.3 Å². The van der Waals surface area contributed by atoms with Crippen LogP contribution in [0.3, 0.4) is 0 Å². The molecule has 0 saturated carbocycles. The lowest BCUT2D eigenvalue weighted by Crippen LogP contribution is -2.26. The first-order valence-electron chi connectivity index (χ1n) is 7.13. The Morgan fingerprint density at radius 3 is 2.90 bits per heavy atom. The van der Waals surface area contributed by atoms with Crippen molar-refractivity contribution in [3.63, 3.8) is 0 Å². The summed E-state index contributed by atoms with van der Waals surface area (Å²) in [5.74, 6) is 0.291. The smallest absolute Gasteiger partial charge is 0.132 e. The number of benzene rings is 1. The van der Waals surface area contributed by atoms with E-state index in [1.165, 1.54) is 6.07 Å². The summed E-state index contributed by atoms with van der Waals surface area (Å²) >= 11 is 0. The summed E-state index contributed by atoms with van der Waals surface area (Å²) in [5.41, 5.74) is 1.75. The third kappa shape index (κ3) is 3.51. The van der Waals surface area contributed by atoms with Gasteiger partial charge in [0.15, 0.2) is 0 Å². The summed E-state index contributed by atoms with van der Waals surface area (Å²) in [7, 11) is 1.54. The molecule has 0 bridgehead atoms. The number of hydrogen-bond donors (Lipinski definition) is 1. The van der Waals surface area contributed by atoms with Gasteiger partial charge < -0.3 is 14.8 Å². The largest absolute Gasteiger partial charge is 0.501 e. The first-order valence-corrected chi connectivity index (χ1v) is 7.13. The van der Waals surface area contributed by atoms with Crippen LogP contribution in [0.1, 0.15) is 37.8 Å². The molecule has 1 aromatic carbocycles. The first-order chi connectivity index (χ1) is 9.76. The molecule has 0 saturated heterocycles. The summed E-state index contributed by atoms with van der Waals surface area (Å²) in [4.78, 5) is 0. The van der Waals surface area contributed by atoms with Crippen LogP contribution < -0.4 is 10.1 Å². The zero-order valence-corrected chi connectivity index (χ0v) is 12.1. The molecular formula is C16H22FNO2. The van der Waals surface area contributed by atoms with Crippen LogP contribution in [0.2, 0.25) is 0 Å². The van der Waals surface area contributed by atoms with Crippen LogP contribution in [0.4, 0.5) is 4.39 Å². The number of rotatable bonds is 6. The highest BCUT2D eigenvalue weighted by Gasteiger charge is 2.21. The van der Waals surface area contributed by atoms with Crippen LogP contribution in [0.25, 0.3) is 0 Å². The lowest BCUT2D eigenvalue weighted by atomic mass is 9.94. The molecule has 1 aliphatic rings. The average Bonchev–Trinajstić information content (AvgIpc) is 2.50. The molecule has 20 heavy (non-hydrogen) atoms. The standard InChI is InChI=1S/C16H22FNO2/c1-3-8-18-16(12-5-4-9-20-11-12)14-7-6-13(19-2)10-15(14)17/h6-7,10-11,16,18H,3-5,8-9H2,1-2H3. The third-order valence-corrected chi connectivity index (χ3v) is 3.45. The highest BCUT2D eigenvalue weighted by atomic mass is 19.1. The van der Waals surface area contributed by atoms with Crippen molar-refractivity contribution in [2.75, 3.05) is 20.3 Å². The Bertz CT molecular complexity index is 474. The van der Waals surface area contributed by atoms with Crippen LogP contribution in [-0.2, 0) is 4.74 Å². The van der Waals surface area contributed by atoms with Gasteiger partial charge in [0, 0.05) is 11.6 Å². The number of methoxy groups -OCH3 is 1. The van der Waals surface area contributed by atoms with Gasteiger partial charge in [-0.25, -0.2) is 4.39 Å². The average molecular weight is 279 g/mol. The van der Waals surface area contributed by atoms with E-state index in [0.29, 0.717) is 11.3 Å². The Kier molecular flexibility index (Phi) is 5.41. The molecule has 1 aromatic rings. The van der Waals surface area contributed by atoms with Gasteiger partial charge in [0.1, 0.15) is 11.6 Å². The molecule has 0 aliphatic carbocycles. The van der Waals surface area contributed by atoms with Gasteiger partial charge in [-0.05, 0) is 37.4 Å². The van der Waals surface area contributed by atoms with Gasteiger partial charge in [0.05, 0.1) is 26.0 Å². The van der Waals surface area contributed by atoms with E-state index in [2.05, 4.69) is 12.2 Å². The molecule has 1 heterocycles. The number of nitrogens with one attached hydrogen (secondary N) is 1. The molecule has 110 valence electrons. The molecule has 3 nitrogen and oxygen atoms in total. The van der Waals surface area contributed by atoms with Crippen molar-refractivity contribution in [3.05, 3.63) is 41.4 Å². The van der Waals surface area contributed by atoms with E-state index < -0.39 is 0 Å². The van der Waals surface area contributed by atoms with Gasteiger partial charge >= 0.3 is 0 Å². The Morgan fingerprint density at radius 1 is 1.45 bits per heavy atom. The summed E-state index contributed by atoms with van der Waals surface area (Å²) < 4.78 is 24.7. The topological polar surface area (TPSA) is 30.5 Å². The molecule has 1 aliphatic heterocycles. The molecule has 1 N–H and O–H groups in total. The molecule has 2 rings (SSSR count). The van der Waals surface area contributed by atoms with Gasteiger partial charge in [-0.3, -0.25) is 0 Å². The highest BCUT2D eigenvalue weighted by Crippen LogP contribution is 2.30. The molecule has 0 radical (unpaired) electrons. The Hall–Kier alpha value is -1.55. The van der Waals surface area contributed by atoms with Gasteiger partial charge in [0.25, 0.3) is 0 Å². The van der Waals surface area contributed by atoms with Crippen LogP contribution in [0, 0.1) is 5.82 Å². The van der Waals surface area contributed by atoms with E-state index in [9.17, 15) is 4.39 Å². The SMILES string of the molecule is CCCNC(C1=COCCC1)c1ccc(OC)cc1F. The second-order valence-corrected chi connectivity index (χ2v) is 4.94. The van der Waals surface area contributed by atoms with E-state index in [0.717, 1.165) is 38.0 Å². The first kappa shape index (κ1) is 14.9. The molecule has 1 unspecified atom stereocenters. The lowest BCUT2D eigenvalue weighted by molar-refractivity contribution is 0.219. The molecule has 0 spiro atoms. The van der Waals surface area contributed by atoms with E-state index in [1.54, 1.807) is 25.5 Å². The number of hydrogen-bond acceptors (Lipinski definition) is 3.